The van der Waals surface area contributed by atoms with Crippen molar-refractivity contribution < 1.29 is 14.6 Å². The van der Waals surface area contributed by atoms with Gasteiger partial charge in [0.25, 0.3) is 0 Å². The first-order valence-electron chi connectivity index (χ1n) is 13.6. The van der Waals surface area contributed by atoms with Crippen LogP contribution in [-0.4, -0.2) is 23.6 Å². The van der Waals surface area contributed by atoms with Crippen LogP contribution in [0.25, 0.3) is 0 Å². The third kappa shape index (κ3) is 4.67. The molecule has 0 aliphatic heterocycles. The van der Waals surface area contributed by atoms with Crippen LogP contribution >= 0.6 is 0 Å². The Kier molecular flexibility index (Phi) is 7.11. The Labute approximate surface area is 197 Å². The molecule has 3 heteroatoms. The molecule has 4 aliphatic rings. The van der Waals surface area contributed by atoms with Crippen molar-refractivity contribution in [1.29, 1.82) is 0 Å². The monoisotopic (exact) mass is 446 g/mol. The van der Waals surface area contributed by atoms with Crippen molar-refractivity contribution >= 4 is 0 Å². The van der Waals surface area contributed by atoms with Crippen molar-refractivity contribution in [3.05, 3.63) is 12.3 Å². The predicted octanol–water partition coefficient (Wildman–Crippen LogP) is 7.34. The highest BCUT2D eigenvalue weighted by atomic mass is 16.7. The summed E-state index contributed by atoms with van der Waals surface area (Å²) in [4.78, 5) is 0. The summed E-state index contributed by atoms with van der Waals surface area (Å²) in [6, 6.07) is 0. The van der Waals surface area contributed by atoms with Crippen LogP contribution in [0.2, 0.25) is 0 Å². The zero-order valence-electron chi connectivity index (χ0n) is 21.7. The van der Waals surface area contributed by atoms with Gasteiger partial charge in [0, 0.05) is 0 Å². The molecule has 0 spiro atoms. The molecular weight excluding hydrogens is 396 g/mol. The number of allylic oxidation sites excluding steroid dienone is 1. The van der Waals surface area contributed by atoms with Gasteiger partial charge in [-0.1, -0.05) is 20.8 Å². The third-order valence-electron chi connectivity index (χ3n) is 10.7. The quantitative estimate of drug-likeness (QED) is 0.263. The molecule has 0 aromatic heterocycles. The van der Waals surface area contributed by atoms with E-state index in [0.29, 0.717) is 23.5 Å². The van der Waals surface area contributed by atoms with Crippen molar-refractivity contribution in [1.82, 2.24) is 0 Å². The van der Waals surface area contributed by atoms with Crippen molar-refractivity contribution in [2.75, 3.05) is 6.79 Å². The van der Waals surface area contributed by atoms with Gasteiger partial charge in [-0.15, -0.1) is 0 Å². The minimum Gasteiger partial charge on any atom is -0.475 e. The first-order valence-corrected chi connectivity index (χ1v) is 13.6. The lowest BCUT2D eigenvalue weighted by Gasteiger charge is -2.61. The van der Waals surface area contributed by atoms with E-state index in [0.717, 1.165) is 48.9 Å². The van der Waals surface area contributed by atoms with Crippen LogP contribution in [0.1, 0.15) is 106 Å². The first-order chi connectivity index (χ1) is 15.0. The van der Waals surface area contributed by atoms with Gasteiger partial charge in [0.2, 0.25) is 0 Å². The molecule has 184 valence electrons. The standard InChI is InChI=1S/C29H50O3/c1-20(8-7-17-31-19-32-27(2,3)4)24-11-12-25-23-10-9-21-18-22(30)13-15-28(21,5)26(23)14-16-29(24,25)6/h7,17,20-26,30H,8-16,18-19H2,1-6H3/b17-7-/t20-,21?,22?,23?,24?,25?,26-,28?,29?/m1/s1. The summed E-state index contributed by atoms with van der Waals surface area (Å²) in [6.07, 6.45) is 17.0. The maximum Gasteiger partial charge on any atom is 0.188 e. The number of hydrogen-bond donors (Lipinski definition) is 1. The maximum absolute atomic E-state index is 10.3. The number of rotatable bonds is 6. The van der Waals surface area contributed by atoms with E-state index >= 15 is 0 Å². The average Bonchev–Trinajstić information content (AvgIpc) is 3.07. The minimum atomic E-state index is -0.152. The molecule has 4 fully saturated rings. The molecule has 4 rings (SSSR count). The van der Waals surface area contributed by atoms with Gasteiger partial charge in [-0.05, 0) is 137 Å². The molecule has 0 aromatic carbocycles. The summed E-state index contributed by atoms with van der Waals surface area (Å²) in [5, 5.41) is 10.3. The first kappa shape index (κ1) is 24.6. The summed E-state index contributed by atoms with van der Waals surface area (Å²) in [5.41, 5.74) is 0.853. The van der Waals surface area contributed by atoms with Gasteiger partial charge < -0.3 is 14.6 Å². The molecule has 0 aromatic rings. The van der Waals surface area contributed by atoms with E-state index in [2.05, 4.69) is 47.6 Å². The number of aliphatic hydroxyl groups is 1. The lowest BCUT2D eigenvalue weighted by molar-refractivity contribution is -0.129. The van der Waals surface area contributed by atoms with Crippen LogP contribution in [0.4, 0.5) is 0 Å². The van der Waals surface area contributed by atoms with Gasteiger partial charge in [0.15, 0.2) is 6.79 Å². The molecule has 0 saturated heterocycles. The molecule has 0 radical (unpaired) electrons. The second-order valence-electron chi connectivity index (χ2n) is 13.4. The summed E-state index contributed by atoms with van der Waals surface area (Å²) >= 11 is 0. The normalized spacial score (nSPS) is 45.2. The highest BCUT2D eigenvalue weighted by Gasteiger charge is 2.60. The Morgan fingerprint density at radius 3 is 2.44 bits per heavy atom. The molecule has 0 bridgehead atoms. The molecule has 32 heavy (non-hydrogen) atoms. The summed E-state index contributed by atoms with van der Waals surface area (Å²) in [7, 11) is 0. The van der Waals surface area contributed by atoms with E-state index in [1.807, 2.05) is 6.26 Å². The van der Waals surface area contributed by atoms with E-state index in [1.54, 1.807) is 0 Å². The number of hydrogen-bond acceptors (Lipinski definition) is 3. The van der Waals surface area contributed by atoms with E-state index in [9.17, 15) is 5.11 Å². The maximum atomic E-state index is 10.3. The van der Waals surface area contributed by atoms with Crippen LogP contribution in [0, 0.1) is 46.3 Å². The SMILES string of the molecule is C[C@H](C/C=C\OCOC(C)(C)C)C1CCC2C3CCC4CC(O)CCC4(C)[C@@H]3CCC21C. The van der Waals surface area contributed by atoms with Crippen LogP contribution in [-0.2, 0) is 9.47 Å². The average molecular weight is 447 g/mol. The lowest BCUT2D eigenvalue weighted by atomic mass is 9.44. The number of ether oxygens (including phenoxy) is 2. The summed E-state index contributed by atoms with van der Waals surface area (Å²) in [6.45, 7) is 14.2. The van der Waals surface area contributed by atoms with Gasteiger partial charge in [-0.2, -0.15) is 0 Å². The fraction of sp³-hybridized carbons (Fsp3) is 0.931. The Hall–Kier alpha value is -0.540. The highest BCUT2D eigenvalue weighted by Crippen LogP contribution is 2.68. The molecule has 7 unspecified atom stereocenters. The summed E-state index contributed by atoms with van der Waals surface area (Å²) < 4.78 is 11.2. The van der Waals surface area contributed by atoms with E-state index in [1.165, 1.54) is 44.9 Å². The largest absolute Gasteiger partial charge is 0.475 e. The zero-order valence-corrected chi connectivity index (χ0v) is 21.7. The van der Waals surface area contributed by atoms with E-state index in [4.69, 9.17) is 9.47 Å². The Morgan fingerprint density at radius 1 is 0.969 bits per heavy atom. The lowest BCUT2D eigenvalue weighted by Crippen LogP contribution is -2.54. The molecule has 9 atom stereocenters. The van der Waals surface area contributed by atoms with E-state index < -0.39 is 0 Å². The molecule has 0 amide bonds. The van der Waals surface area contributed by atoms with Gasteiger partial charge in [0.05, 0.1) is 18.0 Å². The molecule has 4 aliphatic carbocycles. The van der Waals surface area contributed by atoms with Crippen LogP contribution in [0.5, 0.6) is 0 Å². The van der Waals surface area contributed by atoms with Crippen molar-refractivity contribution in [3.8, 4) is 0 Å². The van der Waals surface area contributed by atoms with E-state index in [-0.39, 0.29) is 11.7 Å². The Bertz CT molecular complexity index is 666. The Morgan fingerprint density at radius 2 is 1.69 bits per heavy atom. The van der Waals surface area contributed by atoms with Gasteiger partial charge in [0.1, 0.15) is 0 Å². The number of fused-ring (bicyclic) bond motifs is 5. The summed E-state index contributed by atoms with van der Waals surface area (Å²) in [5.74, 6) is 5.05. The van der Waals surface area contributed by atoms with Crippen LogP contribution < -0.4 is 0 Å². The highest BCUT2D eigenvalue weighted by molar-refractivity contribution is 5.10. The van der Waals surface area contributed by atoms with Gasteiger partial charge in [-0.3, -0.25) is 0 Å². The van der Waals surface area contributed by atoms with Crippen molar-refractivity contribution in [3.63, 3.8) is 0 Å². The smallest absolute Gasteiger partial charge is 0.188 e. The van der Waals surface area contributed by atoms with Crippen molar-refractivity contribution in [2.45, 2.75) is 117 Å². The zero-order chi connectivity index (χ0) is 23.1. The number of aliphatic hydroxyl groups excluding tert-OH is 1. The second-order valence-corrected chi connectivity index (χ2v) is 13.4. The fourth-order valence-corrected chi connectivity index (χ4v) is 8.96. The topological polar surface area (TPSA) is 38.7 Å². The molecule has 0 heterocycles. The van der Waals surface area contributed by atoms with Crippen LogP contribution in [0.3, 0.4) is 0 Å². The molecule has 3 nitrogen and oxygen atoms in total. The van der Waals surface area contributed by atoms with Crippen molar-refractivity contribution in [2.24, 2.45) is 46.3 Å². The predicted molar refractivity (Wildman–Crippen MR) is 131 cm³/mol. The molecule has 4 saturated carbocycles. The Balaban J connectivity index is 1.35. The third-order valence-corrected chi connectivity index (χ3v) is 10.7. The van der Waals surface area contributed by atoms with Crippen LogP contribution in [0.15, 0.2) is 12.3 Å². The van der Waals surface area contributed by atoms with Gasteiger partial charge >= 0.3 is 0 Å². The molecule has 1 N–H and O–H groups in total. The van der Waals surface area contributed by atoms with Gasteiger partial charge in [-0.25, -0.2) is 0 Å². The molecular formula is C29H50O3. The second kappa shape index (κ2) is 9.25. The minimum absolute atomic E-state index is 0.0350. The fourth-order valence-electron chi connectivity index (χ4n) is 8.96.